The highest BCUT2D eigenvalue weighted by molar-refractivity contribution is 5.79. The maximum atomic E-state index is 13.0. The zero-order valence-corrected chi connectivity index (χ0v) is 18.3. The largest absolute Gasteiger partial charge is 0.365 e. The number of fused-ring (bicyclic) bond motifs is 1. The predicted octanol–water partition coefficient (Wildman–Crippen LogP) is 2.28. The van der Waals surface area contributed by atoms with Gasteiger partial charge in [0.25, 0.3) is 5.56 Å². The Hall–Kier alpha value is -4.01. The Morgan fingerprint density at radius 2 is 2.06 bits per heavy atom. The Morgan fingerprint density at radius 1 is 1.18 bits per heavy atom. The zero-order chi connectivity index (χ0) is 22.8. The molecular formula is C24H25N7O2. The highest BCUT2D eigenvalue weighted by Gasteiger charge is 2.45. The second kappa shape index (κ2) is 8.50. The second-order valence-corrected chi connectivity index (χ2v) is 8.56. The molecule has 1 aliphatic carbocycles. The van der Waals surface area contributed by atoms with Crippen LogP contribution in [-0.4, -0.2) is 37.2 Å². The molecule has 0 bridgehead atoms. The molecule has 0 unspecified atom stereocenters. The van der Waals surface area contributed by atoms with Gasteiger partial charge < -0.3 is 10.6 Å². The standard InChI is InChI=1S/C24H25N7O2/c1-16-11-27-22(28-15-24(7-8-24)20-4-2-3-9-25-20)23(33)31(16)14-21(32)26-12-17-5-6-19-18(10-17)13-29-30-19/h2-6,9-11,13H,7-8,12,14-15H2,1H3,(H,26,32)(H,27,28)(H,29,30). The van der Waals surface area contributed by atoms with Gasteiger partial charge in [-0.15, -0.1) is 0 Å². The summed E-state index contributed by atoms with van der Waals surface area (Å²) in [7, 11) is 0. The van der Waals surface area contributed by atoms with Gasteiger partial charge in [-0.3, -0.25) is 24.2 Å². The van der Waals surface area contributed by atoms with E-state index in [0.717, 1.165) is 35.0 Å². The summed E-state index contributed by atoms with van der Waals surface area (Å²) in [5.41, 5.74) is 3.20. The van der Waals surface area contributed by atoms with Crippen LogP contribution in [0, 0.1) is 6.92 Å². The van der Waals surface area contributed by atoms with Crippen molar-refractivity contribution in [1.82, 2.24) is 30.0 Å². The van der Waals surface area contributed by atoms with E-state index >= 15 is 0 Å². The van der Waals surface area contributed by atoms with Crippen molar-refractivity contribution in [3.05, 3.63) is 82.3 Å². The fraction of sp³-hybridized carbons (Fsp3) is 0.292. The number of hydrogen-bond acceptors (Lipinski definition) is 6. The maximum Gasteiger partial charge on any atom is 0.293 e. The fourth-order valence-corrected chi connectivity index (χ4v) is 3.99. The molecule has 4 aromatic rings. The Balaban J connectivity index is 1.24. The Labute approximate surface area is 190 Å². The summed E-state index contributed by atoms with van der Waals surface area (Å²) in [6.45, 7) is 2.66. The summed E-state index contributed by atoms with van der Waals surface area (Å²) < 4.78 is 1.45. The molecule has 1 aliphatic rings. The van der Waals surface area contributed by atoms with Crippen LogP contribution in [0.2, 0.25) is 0 Å². The third-order valence-corrected chi connectivity index (χ3v) is 6.21. The van der Waals surface area contributed by atoms with Crippen LogP contribution in [0.3, 0.4) is 0 Å². The lowest BCUT2D eigenvalue weighted by Crippen LogP contribution is -2.35. The average molecular weight is 444 g/mol. The molecule has 1 saturated carbocycles. The number of carbonyl (C=O) groups excluding carboxylic acids is 1. The average Bonchev–Trinajstić information content (AvgIpc) is 3.48. The summed E-state index contributed by atoms with van der Waals surface area (Å²) in [4.78, 5) is 34.4. The van der Waals surface area contributed by atoms with Gasteiger partial charge in [-0.05, 0) is 49.6 Å². The summed E-state index contributed by atoms with van der Waals surface area (Å²) >= 11 is 0. The molecule has 168 valence electrons. The SMILES string of the molecule is Cc1cnc(NCC2(c3ccccn3)CC2)c(=O)n1CC(=O)NCc1ccc2[nH]ncc2c1. The normalized spacial score (nSPS) is 14.2. The van der Waals surface area contributed by atoms with Crippen LogP contribution in [-0.2, 0) is 23.3 Å². The van der Waals surface area contributed by atoms with Crippen molar-refractivity contribution in [3.8, 4) is 0 Å². The third kappa shape index (κ3) is 4.34. The molecule has 0 atom stereocenters. The van der Waals surface area contributed by atoms with E-state index in [-0.39, 0.29) is 29.2 Å². The van der Waals surface area contributed by atoms with Gasteiger partial charge in [-0.2, -0.15) is 5.10 Å². The van der Waals surface area contributed by atoms with Gasteiger partial charge in [0.1, 0.15) is 6.54 Å². The number of nitrogens with one attached hydrogen (secondary N) is 3. The first-order chi connectivity index (χ1) is 16.0. The van der Waals surface area contributed by atoms with E-state index in [1.807, 2.05) is 36.4 Å². The van der Waals surface area contributed by atoms with E-state index in [0.29, 0.717) is 18.8 Å². The van der Waals surface area contributed by atoms with Gasteiger partial charge in [0.05, 0.1) is 11.7 Å². The lowest BCUT2D eigenvalue weighted by Gasteiger charge is -2.17. The molecule has 0 radical (unpaired) electrons. The van der Waals surface area contributed by atoms with Crippen molar-refractivity contribution in [2.75, 3.05) is 11.9 Å². The fourth-order valence-electron chi connectivity index (χ4n) is 3.99. The molecule has 1 amide bonds. The van der Waals surface area contributed by atoms with E-state index in [4.69, 9.17) is 0 Å². The number of anilines is 1. The minimum absolute atomic E-state index is 0.0570. The highest BCUT2D eigenvalue weighted by Crippen LogP contribution is 2.47. The van der Waals surface area contributed by atoms with Crippen LogP contribution < -0.4 is 16.2 Å². The van der Waals surface area contributed by atoms with E-state index < -0.39 is 0 Å². The van der Waals surface area contributed by atoms with Gasteiger partial charge >= 0.3 is 0 Å². The maximum absolute atomic E-state index is 13.0. The molecule has 0 spiro atoms. The van der Waals surface area contributed by atoms with Crippen molar-refractivity contribution < 1.29 is 4.79 Å². The monoisotopic (exact) mass is 443 g/mol. The molecule has 9 heteroatoms. The molecule has 0 aliphatic heterocycles. The number of benzene rings is 1. The number of nitrogens with zero attached hydrogens (tertiary/aromatic N) is 4. The van der Waals surface area contributed by atoms with Crippen LogP contribution in [0.25, 0.3) is 10.9 Å². The number of hydrogen-bond donors (Lipinski definition) is 3. The number of amides is 1. The van der Waals surface area contributed by atoms with E-state index in [9.17, 15) is 9.59 Å². The first-order valence-electron chi connectivity index (χ1n) is 10.9. The Kier molecular flexibility index (Phi) is 5.37. The number of carbonyl (C=O) groups is 1. The van der Waals surface area contributed by atoms with E-state index in [1.54, 1.807) is 25.5 Å². The van der Waals surface area contributed by atoms with Crippen LogP contribution in [0.4, 0.5) is 5.82 Å². The minimum Gasteiger partial charge on any atom is -0.365 e. The molecule has 3 heterocycles. The quantitative estimate of drug-likeness (QED) is 0.385. The first-order valence-corrected chi connectivity index (χ1v) is 10.9. The van der Waals surface area contributed by atoms with Crippen molar-refractivity contribution >= 4 is 22.6 Å². The lowest BCUT2D eigenvalue weighted by atomic mass is 10.0. The number of H-pyrrole nitrogens is 1. The number of pyridine rings is 1. The van der Waals surface area contributed by atoms with Gasteiger partial charge in [0.15, 0.2) is 5.82 Å². The molecule has 3 N–H and O–H groups in total. The predicted molar refractivity (Wildman–Crippen MR) is 125 cm³/mol. The summed E-state index contributed by atoms with van der Waals surface area (Å²) in [6.07, 6.45) is 7.19. The van der Waals surface area contributed by atoms with Crippen LogP contribution in [0.1, 0.15) is 29.8 Å². The lowest BCUT2D eigenvalue weighted by molar-refractivity contribution is -0.121. The number of aromatic amines is 1. The van der Waals surface area contributed by atoms with Gasteiger partial charge in [0, 0.05) is 47.7 Å². The second-order valence-electron chi connectivity index (χ2n) is 8.56. The minimum atomic E-state index is -0.304. The summed E-state index contributed by atoms with van der Waals surface area (Å²) in [5, 5.41) is 14.0. The molecular weight excluding hydrogens is 418 g/mol. The van der Waals surface area contributed by atoms with Crippen molar-refractivity contribution in [1.29, 1.82) is 0 Å². The molecule has 9 nitrogen and oxygen atoms in total. The first kappa shape index (κ1) is 20.9. The number of aromatic nitrogens is 5. The molecule has 5 rings (SSSR count). The van der Waals surface area contributed by atoms with Crippen LogP contribution >= 0.6 is 0 Å². The smallest absolute Gasteiger partial charge is 0.293 e. The topological polar surface area (TPSA) is 118 Å². The van der Waals surface area contributed by atoms with Crippen molar-refractivity contribution in [2.45, 2.75) is 38.3 Å². The highest BCUT2D eigenvalue weighted by atomic mass is 16.2. The zero-order valence-electron chi connectivity index (χ0n) is 18.3. The van der Waals surface area contributed by atoms with Crippen molar-refractivity contribution in [3.63, 3.8) is 0 Å². The van der Waals surface area contributed by atoms with E-state index in [2.05, 4.69) is 30.8 Å². The molecule has 0 saturated heterocycles. The van der Waals surface area contributed by atoms with Crippen LogP contribution in [0.15, 0.2) is 59.8 Å². The van der Waals surface area contributed by atoms with E-state index in [1.165, 1.54) is 4.57 Å². The van der Waals surface area contributed by atoms with Gasteiger partial charge in [-0.25, -0.2) is 4.98 Å². The van der Waals surface area contributed by atoms with Crippen molar-refractivity contribution in [2.24, 2.45) is 0 Å². The van der Waals surface area contributed by atoms with Crippen LogP contribution in [0.5, 0.6) is 0 Å². The molecule has 1 aromatic carbocycles. The Bertz CT molecular complexity index is 1360. The molecule has 33 heavy (non-hydrogen) atoms. The number of rotatable bonds is 8. The Morgan fingerprint density at radius 3 is 2.85 bits per heavy atom. The molecule has 3 aromatic heterocycles. The third-order valence-electron chi connectivity index (χ3n) is 6.21. The summed E-state index contributed by atoms with van der Waals surface area (Å²) in [5.74, 6) is 0.0119. The van der Waals surface area contributed by atoms with Gasteiger partial charge in [0.2, 0.25) is 5.91 Å². The van der Waals surface area contributed by atoms with Gasteiger partial charge in [-0.1, -0.05) is 12.1 Å². The number of aryl methyl sites for hydroxylation is 1. The molecule has 1 fully saturated rings. The summed E-state index contributed by atoms with van der Waals surface area (Å²) in [6, 6.07) is 11.7.